The van der Waals surface area contributed by atoms with Crippen LogP contribution in [0.25, 0.3) is 21.9 Å². The Bertz CT molecular complexity index is 1290. The molecule has 0 spiro atoms. The maximum Gasteiger partial charge on any atom is 0.349 e. The van der Waals surface area contributed by atoms with Crippen LogP contribution in [0, 0.1) is 22.7 Å². The number of hydrogen-bond donors (Lipinski definition) is 1. The molecule has 0 saturated heterocycles. The largest absolute Gasteiger partial charge is 0.507 e. The minimum Gasteiger partial charge on any atom is -0.507 e. The van der Waals surface area contributed by atoms with E-state index in [1.807, 2.05) is 24.3 Å². The molecule has 2 aromatic carbocycles. The van der Waals surface area contributed by atoms with Gasteiger partial charge in [-0.05, 0) is 35.9 Å². The van der Waals surface area contributed by atoms with Crippen LogP contribution in [0.3, 0.4) is 0 Å². The smallest absolute Gasteiger partial charge is 0.349 e. The van der Waals surface area contributed by atoms with E-state index in [4.69, 9.17) is 14.2 Å². The molecule has 9 heteroatoms. The first kappa shape index (κ1) is 20.0. The van der Waals surface area contributed by atoms with E-state index < -0.39 is 18.3 Å². The Morgan fingerprint density at radius 3 is 2.77 bits per heavy atom. The summed E-state index contributed by atoms with van der Waals surface area (Å²) >= 11 is 1.24. The van der Waals surface area contributed by atoms with Gasteiger partial charge in [-0.25, -0.2) is 9.78 Å². The summed E-state index contributed by atoms with van der Waals surface area (Å²) in [5.41, 5.74) is 0.876. The summed E-state index contributed by atoms with van der Waals surface area (Å²) in [6.07, 6.45) is 1.34. The van der Waals surface area contributed by atoms with Crippen molar-refractivity contribution < 1.29 is 24.1 Å². The molecular weight excluding hydrogens is 418 g/mol. The zero-order valence-electron chi connectivity index (χ0n) is 15.9. The molecule has 0 saturated carbocycles. The van der Waals surface area contributed by atoms with Gasteiger partial charge in [0.2, 0.25) is 6.79 Å². The van der Waals surface area contributed by atoms with E-state index in [0.29, 0.717) is 27.6 Å². The monoisotopic (exact) mass is 431 g/mol. The minimum absolute atomic E-state index is 0.0905. The van der Waals surface area contributed by atoms with E-state index in [-0.39, 0.29) is 17.9 Å². The summed E-state index contributed by atoms with van der Waals surface area (Å²) in [4.78, 5) is 16.6. The molecule has 1 aliphatic heterocycles. The highest BCUT2D eigenvalue weighted by molar-refractivity contribution is 7.19. The topological polar surface area (TPSA) is 125 Å². The lowest BCUT2D eigenvalue weighted by molar-refractivity contribution is -0.138. The average molecular weight is 431 g/mol. The number of ether oxygens (including phenoxy) is 3. The van der Waals surface area contributed by atoms with E-state index in [2.05, 4.69) is 4.98 Å². The molecule has 3 aromatic rings. The quantitative estimate of drug-likeness (QED) is 0.278. The molecule has 4 rings (SSSR count). The zero-order valence-corrected chi connectivity index (χ0v) is 16.7. The molecule has 0 aliphatic carbocycles. The maximum atomic E-state index is 12.3. The molecular formula is C22H13N3O5S. The number of aromatic nitrogens is 1. The van der Waals surface area contributed by atoms with E-state index in [0.717, 1.165) is 4.70 Å². The first-order valence-corrected chi connectivity index (χ1v) is 9.77. The number of aliphatic hydroxyl groups is 1. The third-order valence-corrected chi connectivity index (χ3v) is 5.35. The maximum absolute atomic E-state index is 12.3. The van der Waals surface area contributed by atoms with Gasteiger partial charge in [0.15, 0.2) is 17.3 Å². The number of carbonyl (C=O) groups is 1. The van der Waals surface area contributed by atoms with Crippen LogP contribution in [0.4, 0.5) is 0 Å². The second-order valence-corrected chi connectivity index (χ2v) is 7.31. The number of fused-ring (bicyclic) bond motifs is 2. The lowest BCUT2D eigenvalue weighted by atomic mass is 10.1. The van der Waals surface area contributed by atoms with Crippen LogP contribution in [-0.2, 0) is 9.53 Å². The van der Waals surface area contributed by atoms with Gasteiger partial charge >= 0.3 is 5.97 Å². The summed E-state index contributed by atoms with van der Waals surface area (Å²) in [7, 11) is 0. The number of rotatable bonds is 5. The number of carbonyl (C=O) groups excluding carboxylic acids is 1. The highest BCUT2D eigenvalue weighted by Gasteiger charge is 2.18. The molecule has 1 aromatic heterocycles. The Labute approximate surface area is 180 Å². The van der Waals surface area contributed by atoms with Crippen LogP contribution in [0.1, 0.15) is 10.6 Å². The van der Waals surface area contributed by atoms with Gasteiger partial charge < -0.3 is 19.3 Å². The molecule has 0 radical (unpaired) electrons. The van der Waals surface area contributed by atoms with Gasteiger partial charge in [-0.1, -0.05) is 18.2 Å². The van der Waals surface area contributed by atoms with Crippen molar-refractivity contribution in [2.45, 2.75) is 0 Å². The highest BCUT2D eigenvalue weighted by Crippen LogP contribution is 2.33. The lowest BCUT2D eigenvalue weighted by Gasteiger charge is -2.05. The number of thiazole rings is 1. The second-order valence-electron chi connectivity index (χ2n) is 6.28. The molecule has 0 atom stereocenters. The summed E-state index contributed by atoms with van der Waals surface area (Å²) in [6.45, 7) is -0.463. The first-order chi connectivity index (χ1) is 15.1. The van der Waals surface area contributed by atoms with Crippen LogP contribution < -0.4 is 9.47 Å². The number of hydrogen-bond acceptors (Lipinski definition) is 9. The molecule has 152 valence electrons. The fourth-order valence-corrected chi connectivity index (χ4v) is 3.79. The van der Waals surface area contributed by atoms with Crippen molar-refractivity contribution in [2.75, 3.05) is 13.4 Å². The zero-order chi connectivity index (χ0) is 21.8. The van der Waals surface area contributed by atoms with E-state index >= 15 is 0 Å². The number of esters is 1. The number of benzene rings is 2. The molecule has 2 heterocycles. The summed E-state index contributed by atoms with van der Waals surface area (Å²) in [5, 5.41) is 29.4. The Hall–Kier alpha value is -4.34. The van der Waals surface area contributed by atoms with Crippen molar-refractivity contribution in [3.8, 4) is 23.6 Å². The number of nitrogens with zero attached hydrogens (tertiary/aromatic N) is 3. The van der Waals surface area contributed by atoms with Crippen molar-refractivity contribution >= 4 is 39.2 Å². The summed E-state index contributed by atoms with van der Waals surface area (Å²) in [6, 6.07) is 15.9. The Balaban J connectivity index is 1.50. The summed E-state index contributed by atoms with van der Waals surface area (Å²) in [5.74, 6) is -0.301. The molecule has 31 heavy (non-hydrogen) atoms. The van der Waals surface area contributed by atoms with E-state index in [1.165, 1.54) is 17.4 Å². The number of allylic oxidation sites excluding steroid dienone is 1. The van der Waals surface area contributed by atoms with E-state index in [9.17, 15) is 20.4 Å². The Kier molecular flexibility index (Phi) is 5.52. The predicted octanol–water partition coefficient (Wildman–Crippen LogP) is 3.97. The van der Waals surface area contributed by atoms with E-state index in [1.54, 1.807) is 30.3 Å². The van der Waals surface area contributed by atoms with Crippen molar-refractivity contribution in [1.82, 2.24) is 4.98 Å². The molecule has 0 unspecified atom stereocenters. The third-order valence-electron chi connectivity index (χ3n) is 4.30. The summed E-state index contributed by atoms with van der Waals surface area (Å²) < 4.78 is 16.4. The van der Waals surface area contributed by atoms with Gasteiger partial charge in [0.25, 0.3) is 0 Å². The van der Waals surface area contributed by atoms with Gasteiger partial charge in [0, 0.05) is 0 Å². The van der Waals surface area contributed by atoms with Gasteiger partial charge in [0.05, 0.1) is 10.2 Å². The van der Waals surface area contributed by atoms with Gasteiger partial charge in [-0.2, -0.15) is 10.5 Å². The third kappa shape index (κ3) is 4.17. The van der Waals surface area contributed by atoms with Gasteiger partial charge in [-0.15, -0.1) is 11.3 Å². The number of para-hydroxylation sites is 1. The minimum atomic E-state index is -0.937. The second kappa shape index (κ2) is 8.57. The SMILES string of the molecule is N#CC(=Cc1ccc2c(c1)OCO2)C(=O)OCC(O)=C(C#N)c1nc2ccccc2s1. The highest BCUT2D eigenvalue weighted by atomic mass is 32.1. The average Bonchev–Trinajstić information content (AvgIpc) is 3.42. The fraction of sp³-hybridized carbons (Fsp3) is 0.0909. The predicted molar refractivity (Wildman–Crippen MR) is 112 cm³/mol. The van der Waals surface area contributed by atoms with Crippen molar-refractivity contribution in [1.29, 1.82) is 10.5 Å². The first-order valence-electron chi connectivity index (χ1n) is 8.96. The van der Waals surface area contributed by atoms with Crippen LogP contribution in [0.2, 0.25) is 0 Å². The van der Waals surface area contributed by atoms with Crippen LogP contribution in [-0.4, -0.2) is 29.5 Å². The molecule has 1 N–H and O–H groups in total. The fourth-order valence-electron chi connectivity index (χ4n) is 2.81. The van der Waals surface area contributed by atoms with Gasteiger partial charge in [0.1, 0.15) is 34.9 Å². The Morgan fingerprint density at radius 2 is 2.00 bits per heavy atom. The molecule has 0 bridgehead atoms. The molecule has 8 nitrogen and oxygen atoms in total. The standard InChI is InChI=1S/C22H13N3O5S/c23-9-14(7-13-5-6-18-19(8-13)30-12-29-18)22(27)28-11-17(26)15(10-24)21-25-16-3-1-2-4-20(16)31-21/h1-8,26H,11-12H2. The number of nitriles is 2. The van der Waals surface area contributed by atoms with Crippen LogP contribution >= 0.6 is 11.3 Å². The van der Waals surface area contributed by atoms with Crippen molar-refractivity contribution in [3.63, 3.8) is 0 Å². The van der Waals surface area contributed by atoms with Gasteiger partial charge in [-0.3, -0.25) is 0 Å². The van der Waals surface area contributed by atoms with Crippen molar-refractivity contribution in [2.24, 2.45) is 0 Å². The Morgan fingerprint density at radius 1 is 1.19 bits per heavy atom. The molecule has 1 aliphatic rings. The lowest BCUT2D eigenvalue weighted by Crippen LogP contribution is -2.10. The van der Waals surface area contributed by atoms with Crippen LogP contribution in [0.15, 0.2) is 53.8 Å². The van der Waals surface area contributed by atoms with Crippen LogP contribution in [0.5, 0.6) is 11.5 Å². The molecule has 0 fully saturated rings. The molecule has 0 amide bonds. The normalized spacial score (nSPS) is 13.3. The van der Waals surface area contributed by atoms with Crippen molar-refractivity contribution in [3.05, 3.63) is 64.4 Å². The number of aliphatic hydroxyl groups excluding tert-OH is 1.